The van der Waals surface area contributed by atoms with Crippen molar-refractivity contribution in [1.82, 2.24) is 15.1 Å². The van der Waals surface area contributed by atoms with Crippen LogP contribution in [-0.2, 0) is 0 Å². The fraction of sp³-hybridized carbons (Fsp3) is 0.273. The van der Waals surface area contributed by atoms with Gasteiger partial charge in [-0.15, -0.1) is 0 Å². The largest absolute Gasteiger partial charge is 0.497 e. The molecule has 0 saturated carbocycles. The van der Waals surface area contributed by atoms with Crippen molar-refractivity contribution in [2.24, 2.45) is 0 Å². The number of benzene rings is 2. The van der Waals surface area contributed by atoms with E-state index in [1.165, 1.54) is 12.1 Å². The number of nitrogens with zero attached hydrogens (tertiary/aromatic N) is 2. The zero-order valence-corrected chi connectivity index (χ0v) is 15.9. The van der Waals surface area contributed by atoms with Crippen LogP contribution in [0.4, 0.5) is 4.39 Å². The van der Waals surface area contributed by atoms with E-state index < -0.39 is 0 Å². The molecule has 0 spiro atoms. The summed E-state index contributed by atoms with van der Waals surface area (Å²) in [6, 6.07) is 13.7. The Hall–Kier alpha value is -3.15. The molecule has 2 aromatic carbocycles. The number of fused-ring (bicyclic) bond motifs is 1. The Kier molecular flexibility index (Phi) is 4.86. The van der Waals surface area contributed by atoms with E-state index in [0.717, 1.165) is 41.0 Å². The highest BCUT2D eigenvalue weighted by Gasteiger charge is 2.41. The van der Waals surface area contributed by atoms with Gasteiger partial charge in [0.2, 0.25) is 0 Å². The minimum Gasteiger partial charge on any atom is -0.497 e. The molecule has 0 saturated heterocycles. The molecule has 1 N–H and O–H groups in total. The molecule has 1 amide bonds. The van der Waals surface area contributed by atoms with Crippen molar-refractivity contribution in [2.45, 2.75) is 25.8 Å². The van der Waals surface area contributed by atoms with Crippen LogP contribution < -0.4 is 4.74 Å². The molecule has 1 unspecified atom stereocenters. The summed E-state index contributed by atoms with van der Waals surface area (Å²) in [6.45, 7) is 2.74. The maximum absolute atomic E-state index is 13.5. The van der Waals surface area contributed by atoms with Crippen LogP contribution in [0.2, 0.25) is 0 Å². The van der Waals surface area contributed by atoms with Gasteiger partial charge in [-0.25, -0.2) is 4.39 Å². The number of hydrogen-bond acceptors (Lipinski definition) is 3. The summed E-state index contributed by atoms with van der Waals surface area (Å²) in [7, 11) is 1.62. The van der Waals surface area contributed by atoms with Crippen LogP contribution in [0.1, 0.15) is 47.4 Å². The molecule has 1 aliphatic rings. The summed E-state index contributed by atoms with van der Waals surface area (Å²) >= 11 is 0. The van der Waals surface area contributed by atoms with Crippen molar-refractivity contribution in [1.29, 1.82) is 0 Å². The Morgan fingerprint density at radius 3 is 2.50 bits per heavy atom. The van der Waals surface area contributed by atoms with Gasteiger partial charge in [-0.3, -0.25) is 9.89 Å². The average molecular weight is 379 g/mol. The summed E-state index contributed by atoms with van der Waals surface area (Å²) in [5.41, 5.74) is 3.87. The van der Waals surface area contributed by atoms with E-state index in [-0.39, 0.29) is 17.8 Å². The highest BCUT2D eigenvalue weighted by atomic mass is 19.1. The van der Waals surface area contributed by atoms with E-state index in [1.807, 2.05) is 29.2 Å². The Morgan fingerprint density at radius 1 is 1.14 bits per heavy atom. The first kappa shape index (κ1) is 18.2. The monoisotopic (exact) mass is 379 g/mol. The van der Waals surface area contributed by atoms with E-state index in [9.17, 15) is 9.18 Å². The van der Waals surface area contributed by atoms with Crippen molar-refractivity contribution in [2.75, 3.05) is 13.7 Å². The third-order valence-electron chi connectivity index (χ3n) is 5.17. The SMILES string of the molecule is CCCCN1C(=O)c2[nH]nc(-c3ccc(OC)cc3)c2C1c1ccc(F)cc1. The van der Waals surface area contributed by atoms with Crippen LogP contribution in [0.3, 0.4) is 0 Å². The summed E-state index contributed by atoms with van der Waals surface area (Å²) in [5.74, 6) is 0.396. The fourth-order valence-corrected chi connectivity index (χ4v) is 3.72. The smallest absolute Gasteiger partial charge is 0.273 e. The standard InChI is InChI=1S/C22H22FN3O2/c1-3-4-13-26-21(15-5-9-16(23)10-6-15)18-19(24-25-20(18)22(26)27)14-7-11-17(28-2)12-8-14/h5-12,21H,3-4,13H2,1-2H3,(H,24,25). The zero-order valence-electron chi connectivity index (χ0n) is 15.9. The number of hydrogen-bond donors (Lipinski definition) is 1. The van der Waals surface area contributed by atoms with Crippen molar-refractivity contribution in [3.8, 4) is 17.0 Å². The zero-order chi connectivity index (χ0) is 19.7. The van der Waals surface area contributed by atoms with E-state index >= 15 is 0 Å². The molecule has 6 heteroatoms. The second-order valence-corrected chi connectivity index (χ2v) is 6.90. The molecule has 28 heavy (non-hydrogen) atoms. The molecule has 2 heterocycles. The molecule has 1 atom stereocenters. The van der Waals surface area contributed by atoms with Crippen LogP contribution in [0.5, 0.6) is 5.75 Å². The number of ether oxygens (including phenoxy) is 1. The molecule has 5 nitrogen and oxygen atoms in total. The molecule has 144 valence electrons. The molecule has 1 aliphatic heterocycles. The first-order valence-corrected chi connectivity index (χ1v) is 9.43. The molecular formula is C22H22FN3O2. The van der Waals surface area contributed by atoms with Crippen molar-refractivity contribution >= 4 is 5.91 Å². The number of halogens is 1. The van der Waals surface area contributed by atoms with Crippen LogP contribution in [0.25, 0.3) is 11.3 Å². The lowest BCUT2D eigenvalue weighted by Gasteiger charge is -2.26. The third-order valence-corrected chi connectivity index (χ3v) is 5.17. The Morgan fingerprint density at radius 2 is 1.86 bits per heavy atom. The maximum Gasteiger partial charge on any atom is 0.273 e. The quantitative estimate of drug-likeness (QED) is 0.683. The molecule has 1 aromatic heterocycles. The van der Waals surface area contributed by atoms with Gasteiger partial charge in [0.15, 0.2) is 0 Å². The molecule has 0 fully saturated rings. The van der Waals surface area contributed by atoms with E-state index in [0.29, 0.717) is 12.2 Å². The minimum absolute atomic E-state index is 0.0648. The number of carbonyl (C=O) groups is 1. The van der Waals surface area contributed by atoms with E-state index in [2.05, 4.69) is 17.1 Å². The minimum atomic E-state index is -0.295. The molecular weight excluding hydrogens is 357 g/mol. The van der Waals surface area contributed by atoms with Gasteiger partial charge >= 0.3 is 0 Å². The van der Waals surface area contributed by atoms with Gasteiger partial charge < -0.3 is 9.64 Å². The molecule has 4 rings (SSSR count). The molecule has 0 bridgehead atoms. The van der Waals surface area contributed by atoms with Gasteiger partial charge in [0, 0.05) is 17.7 Å². The first-order chi connectivity index (χ1) is 13.6. The van der Waals surface area contributed by atoms with Gasteiger partial charge in [-0.1, -0.05) is 25.5 Å². The number of aromatic amines is 1. The van der Waals surface area contributed by atoms with Gasteiger partial charge in [0.05, 0.1) is 18.8 Å². The summed E-state index contributed by atoms with van der Waals surface area (Å²) < 4.78 is 18.7. The number of methoxy groups -OCH3 is 1. The lowest BCUT2D eigenvalue weighted by molar-refractivity contribution is 0.0741. The summed E-state index contributed by atoms with van der Waals surface area (Å²) in [4.78, 5) is 14.9. The predicted molar refractivity (Wildman–Crippen MR) is 105 cm³/mol. The van der Waals surface area contributed by atoms with E-state index in [4.69, 9.17) is 4.74 Å². The summed E-state index contributed by atoms with van der Waals surface area (Å²) in [6.07, 6.45) is 1.89. The molecule has 0 aliphatic carbocycles. The van der Waals surface area contributed by atoms with Gasteiger partial charge in [-0.05, 0) is 48.4 Å². The van der Waals surface area contributed by atoms with Crippen molar-refractivity contribution < 1.29 is 13.9 Å². The first-order valence-electron chi connectivity index (χ1n) is 9.43. The highest BCUT2D eigenvalue weighted by Crippen LogP contribution is 2.43. The van der Waals surface area contributed by atoms with Gasteiger partial charge in [-0.2, -0.15) is 5.10 Å². The number of nitrogens with one attached hydrogen (secondary N) is 1. The second kappa shape index (κ2) is 7.46. The van der Waals surface area contributed by atoms with Crippen LogP contribution in [-0.4, -0.2) is 34.7 Å². The lowest BCUT2D eigenvalue weighted by atomic mass is 9.96. The second-order valence-electron chi connectivity index (χ2n) is 6.90. The molecule has 3 aromatic rings. The van der Waals surface area contributed by atoms with Crippen LogP contribution in [0.15, 0.2) is 48.5 Å². The average Bonchev–Trinajstić information content (AvgIpc) is 3.26. The number of unbranched alkanes of at least 4 members (excludes halogenated alkanes) is 1. The van der Waals surface area contributed by atoms with Crippen molar-refractivity contribution in [3.05, 3.63) is 71.2 Å². The maximum atomic E-state index is 13.5. The van der Waals surface area contributed by atoms with Crippen LogP contribution in [0, 0.1) is 5.82 Å². The summed E-state index contributed by atoms with van der Waals surface area (Å²) in [5, 5.41) is 7.37. The number of rotatable bonds is 6. The Bertz CT molecular complexity index is 980. The number of amides is 1. The number of aromatic nitrogens is 2. The third kappa shape index (κ3) is 3.05. The van der Waals surface area contributed by atoms with Gasteiger partial charge in [0.25, 0.3) is 5.91 Å². The lowest BCUT2D eigenvalue weighted by Crippen LogP contribution is -2.30. The topological polar surface area (TPSA) is 58.2 Å². The number of H-pyrrole nitrogens is 1. The normalized spacial score (nSPS) is 15.8. The predicted octanol–water partition coefficient (Wildman–Crippen LogP) is 4.57. The number of carbonyl (C=O) groups excluding carboxylic acids is 1. The Labute approximate surface area is 163 Å². The molecule has 0 radical (unpaired) electrons. The van der Waals surface area contributed by atoms with Crippen LogP contribution >= 0.6 is 0 Å². The van der Waals surface area contributed by atoms with Crippen molar-refractivity contribution in [3.63, 3.8) is 0 Å². The van der Waals surface area contributed by atoms with Gasteiger partial charge in [0.1, 0.15) is 17.3 Å². The highest BCUT2D eigenvalue weighted by molar-refractivity contribution is 6.00. The Balaban J connectivity index is 1.82. The fourth-order valence-electron chi connectivity index (χ4n) is 3.72. The van der Waals surface area contributed by atoms with E-state index in [1.54, 1.807) is 19.2 Å².